The maximum absolute atomic E-state index is 11.9. The van der Waals surface area contributed by atoms with E-state index in [1.54, 1.807) is 36.4 Å². The summed E-state index contributed by atoms with van der Waals surface area (Å²) in [4.78, 5) is 21.3. The second-order valence-electron chi connectivity index (χ2n) is 5.18. The number of carbonyl (C=O) groups excluding carboxylic acids is 1. The summed E-state index contributed by atoms with van der Waals surface area (Å²) in [5.74, 6) is -1.68. The predicted octanol–water partition coefficient (Wildman–Crippen LogP) is 5.01. The SMILES string of the molecule is O=C(NF)c1ccc(-c2ccccc2)cc1.O=C(O)c1cccc(Cl)c1. The first-order chi connectivity index (χ1) is 12.5. The summed E-state index contributed by atoms with van der Waals surface area (Å²) in [5, 5.41) is 8.89. The topological polar surface area (TPSA) is 66.4 Å². The molecule has 0 radical (unpaired) electrons. The van der Waals surface area contributed by atoms with E-state index >= 15 is 0 Å². The number of hydrogen-bond acceptors (Lipinski definition) is 2. The van der Waals surface area contributed by atoms with Crippen molar-refractivity contribution in [3.8, 4) is 11.1 Å². The first-order valence-electron chi connectivity index (χ1n) is 7.56. The Morgan fingerprint density at radius 1 is 0.808 bits per heavy atom. The fourth-order valence-corrected chi connectivity index (χ4v) is 2.31. The van der Waals surface area contributed by atoms with Gasteiger partial charge >= 0.3 is 5.97 Å². The van der Waals surface area contributed by atoms with Crippen LogP contribution in [0.4, 0.5) is 4.48 Å². The highest BCUT2D eigenvalue weighted by atomic mass is 35.5. The predicted molar refractivity (Wildman–Crippen MR) is 98.9 cm³/mol. The molecule has 0 bridgehead atoms. The van der Waals surface area contributed by atoms with Crippen LogP contribution in [-0.4, -0.2) is 17.0 Å². The number of aromatic carboxylic acids is 1. The van der Waals surface area contributed by atoms with Gasteiger partial charge in [0.15, 0.2) is 0 Å². The van der Waals surface area contributed by atoms with E-state index in [0.29, 0.717) is 10.6 Å². The van der Waals surface area contributed by atoms with Gasteiger partial charge in [0, 0.05) is 10.6 Å². The van der Waals surface area contributed by atoms with Crippen LogP contribution in [0.15, 0.2) is 78.9 Å². The first kappa shape index (κ1) is 19.1. The van der Waals surface area contributed by atoms with Crippen molar-refractivity contribution in [2.24, 2.45) is 0 Å². The standard InChI is InChI=1S/C13H10FNO.C7H5ClO2/c14-15-13(16)12-8-6-11(7-9-12)10-4-2-1-3-5-10;8-6-3-1-2-5(4-6)7(9)10/h1-9H,(H,15,16);1-4H,(H,9,10). The Kier molecular flexibility index (Phi) is 6.88. The average molecular weight is 372 g/mol. The van der Waals surface area contributed by atoms with Gasteiger partial charge in [-0.05, 0) is 41.5 Å². The van der Waals surface area contributed by atoms with Crippen LogP contribution >= 0.6 is 11.6 Å². The second kappa shape index (κ2) is 9.34. The molecule has 0 atom stereocenters. The molecular weight excluding hydrogens is 357 g/mol. The third-order valence-corrected chi connectivity index (χ3v) is 3.65. The Morgan fingerprint density at radius 2 is 1.42 bits per heavy atom. The lowest BCUT2D eigenvalue weighted by Gasteiger charge is -2.02. The molecule has 3 rings (SSSR count). The zero-order valence-corrected chi connectivity index (χ0v) is 14.3. The molecule has 4 nitrogen and oxygen atoms in total. The number of benzene rings is 3. The number of carboxylic acid groups (broad SMARTS) is 1. The molecule has 0 fully saturated rings. The van der Waals surface area contributed by atoms with Crippen molar-refractivity contribution < 1.29 is 19.2 Å². The maximum atomic E-state index is 11.9. The minimum atomic E-state index is -0.956. The lowest BCUT2D eigenvalue weighted by Crippen LogP contribution is -2.13. The van der Waals surface area contributed by atoms with Crippen LogP contribution in [0, 0.1) is 0 Å². The van der Waals surface area contributed by atoms with Gasteiger partial charge in [-0.3, -0.25) is 4.79 Å². The van der Waals surface area contributed by atoms with Crippen molar-refractivity contribution in [2.45, 2.75) is 0 Å². The molecule has 0 unspecified atom stereocenters. The third-order valence-electron chi connectivity index (χ3n) is 3.41. The van der Waals surface area contributed by atoms with Crippen LogP contribution in [0.1, 0.15) is 20.7 Å². The van der Waals surface area contributed by atoms with Crippen molar-refractivity contribution >= 4 is 23.5 Å². The fraction of sp³-hybridized carbons (Fsp3) is 0. The van der Waals surface area contributed by atoms with E-state index in [9.17, 15) is 14.1 Å². The monoisotopic (exact) mass is 371 g/mol. The van der Waals surface area contributed by atoms with Gasteiger partial charge in [0.2, 0.25) is 0 Å². The molecule has 2 N–H and O–H groups in total. The van der Waals surface area contributed by atoms with Crippen LogP contribution in [-0.2, 0) is 0 Å². The summed E-state index contributed by atoms with van der Waals surface area (Å²) in [6.07, 6.45) is 0. The van der Waals surface area contributed by atoms with E-state index in [4.69, 9.17) is 16.7 Å². The van der Waals surface area contributed by atoms with E-state index in [0.717, 1.165) is 16.7 Å². The molecular formula is C20H15ClFNO3. The second-order valence-corrected chi connectivity index (χ2v) is 5.62. The van der Waals surface area contributed by atoms with Gasteiger partial charge in [-0.25, -0.2) is 4.79 Å². The highest BCUT2D eigenvalue weighted by Gasteiger charge is 2.04. The summed E-state index contributed by atoms with van der Waals surface area (Å²) < 4.78 is 11.9. The zero-order valence-electron chi connectivity index (χ0n) is 13.5. The quantitative estimate of drug-likeness (QED) is 0.636. The van der Waals surface area contributed by atoms with Crippen LogP contribution in [0.25, 0.3) is 11.1 Å². The van der Waals surface area contributed by atoms with Crippen molar-refractivity contribution in [3.05, 3.63) is 95.0 Å². The largest absolute Gasteiger partial charge is 0.478 e. The zero-order chi connectivity index (χ0) is 18.9. The summed E-state index contributed by atoms with van der Waals surface area (Å²) in [7, 11) is 0. The van der Waals surface area contributed by atoms with Crippen molar-refractivity contribution in [1.29, 1.82) is 0 Å². The van der Waals surface area contributed by atoms with Crippen molar-refractivity contribution in [2.75, 3.05) is 0 Å². The lowest BCUT2D eigenvalue weighted by molar-refractivity contribution is 0.0696. The minimum Gasteiger partial charge on any atom is -0.478 e. The first-order valence-corrected chi connectivity index (χ1v) is 7.94. The Hall–Kier alpha value is -3.18. The molecule has 26 heavy (non-hydrogen) atoms. The Morgan fingerprint density at radius 3 is 1.92 bits per heavy atom. The smallest absolute Gasteiger partial charge is 0.335 e. The third kappa shape index (κ3) is 5.43. The van der Waals surface area contributed by atoms with Gasteiger partial charge in [-0.15, -0.1) is 0 Å². The number of carbonyl (C=O) groups is 2. The lowest BCUT2D eigenvalue weighted by atomic mass is 10.0. The number of hydrogen-bond donors (Lipinski definition) is 2. The average Bonchev–Trinajstić information content (AvgIpc) is 2.68. The Labute approximate surface area is 154 Å². The van der Waals surface area contributed by atoms with Crippen LogP contribution in [0.2, 0.25) is 5.02 Å². The Balaban J connectivity index is 0.000000209. The molecule has 6 heteroatoms. The molecule has 0 aliphatic rings. The molecule has 3 aromatic rings. The fourth-order valence-electron chi connectivity index (χ4n) is 2.12. The van der Waals surface area contributed by atoms with Crippen LogP contribution in [0.5, 0.6) is 0 Å². The Bertz CT molecular complexity index is 883. The molecule has 3 aromatic carbocycles. The molecule has 0 saturated carbocycles. The van der Waals surface area contributed by atoms with Gasteiger partial charge in [0.25, 0.3) is 5.91 Å². The van der Waals surface area contributed by atoms with Crippen LogP contribution in [0.3, 0.4) is 0 Å². The van der Waals surface area contributed by atoms with E-state index in [-0.39, 0.29) is 5.56 Å². The summed E-state index contributed by atoms with van der Waals surface area (Å²) in [6.45, 7) is 0. The number of carboxylic acids is 1. The highest BCUT2D eigenvalue weighted by molar-refractivity contribution is 6.30. The number of halogens is 2. The van der Waals surface area contributed by atoms with Gasteiger partial charge in [0.1, 0.15) is 0 Å². The number of amides is 1. The highest BCUT2D eigenvalue weighted by Crippen LogP contribution is 2.19. The maximum Gasteiger partial charge on any atom is 0.335 e. The van der Waals surface area contributed by atoms with E-state index < -0.39 is 11.9 Å². The summed E-state index contributed by atoms with van der Waals surface area (Å²) in [6, 6.07) is 22.7. The molecule has 0 heterocycles. The summed E-state index contributed by atoms with van der Waals surface area (Å²) in [5.41, 5.74) is 3.69. The van der Waals surface area contributed by atoms with E-state index in [2.05, 4.69) is 0 Å². The van der Waals surface area contributed by atoms with Gasteiger partial charge < -0.3 is 5.11 Å². The van der Waals surface area contributed by atoms with E-state index in [1.807, 2.05) is 30.3 Å². The molecule has 0 aliphatic heterocycles. The molecule has 0 saturated heterocycles. The van der Waals surface area contributed by atoms with Gasteiger partial charge in [-0.1, -0.05) is 64.6 Å². The minimum absolute atomic E-state index is 0.215. The van der Waals surface area contributed by atoms with Gasteiger partial charge in [-0.2, -0.15) is 5.54 Å². The van der Waals surface area contributed by atoms with Gasteiger partial charge in [0.05, 0.1) is 5.56 Å². The molecule has 0 aliphatic carbocycles. The number of nitrogens with one attached hydrogen (secondary N) is 1. The molecule has 1 amide bonds. The molecule has 0 aromatic heterocycles. The number of rotatable bonds is 3. The molecule has 132 valence electrons. The van der Waals surface area contributed by atoms with E-state index in [1.165, 1.54) is 12.1 Å². The normalized spacial score (nSPS) is 9.62. The van der Waals surface area contributed by atoms with Crippen LogP contribution < -0.4 is 5.54 Å². The molecule has 0 spiro atoms. The van der Waals surface area contributed by atoms with Crippen molar-refractivity contribution in [1.82, 2.24) is 5.54 Å². The summed E-state index contributed by atoms with van der Waals surface area (Å²) >= 11 is 5.53. The van der Waals surface area contributed by atoms with Crippen molar-refractivity contribution in [3.63, 3.8) is 0 Å².